The lowest BCUT2D eigenvalue weighted by molar-refractivity contribution is 0.143. The highest BCUT2D eigenvalue weighted by atomic mass is 16.3. The fourth-order valence-corrected chi connectivity index (χ4v) is 1.31. The summed E-state index contributed by atoms with van der Waals surface area (Å²) in [6, 6.07) is 9.11. The van der Waals surface area contributed by atoms with Gasteiger partial charge in [0.05, 0.1) is 6.10 Å². The fourth-order valence-electron chi connectivity index (χ4n) is 1.31. The summed E-state index contributed by atoms with van der Waals surface area (Å²) in [6.45, 7) is 0. The number of hydrogen-bond donors (Lipinski definition) is 2. The third-order valence-electron chi connectivity index (χ3n) is 2.17. The van der Waals surface area contributed by atoms with Crippen LogP contribution in [0.1, 0.15) is 24.5 Å². The molecule has 0 radical (unpaired) electrons. The Hall–Kier alpha value is -1.30. The second-order valence-corrected chi connectivity index (χ2v) is 3.26. The van der Waals surface area contributed by atoms with Crippen molar-refractivity contribution in [1.29, 1.82) is 0 Å². The highest BCUT2D eigenvalue weighted by Gasteiger charge is 2.15. The zero-order valence-electron chi connectivity index (χ0n) is 8.06. The lowest BCUT2D eigenvalue weighted by Gasteiger charge is -2.17. The third-order valence-corrected chi connectivity index (χ3v) is 2.17. The monoisotopic (exact) mass is 189 g/mol. The van der Waals surface area contributed by atoms with Gasteiger partial charge in [-0.05, 0) is 12.0 Å². The van der Waals surface area contributed by atoms with E-state index < -0.39 is 6.10 Å². The van der Waals surface area contributed by atoms with Crippen LogP contribution in [0, 0.1) is 12.3 Å². The molecule has 0 unspecified atom stereocenters. The van der Waals surface area contributed by atoms with Crippen LogP contribution >= 0.6 is 0 Å². The maximum absolute atomic E-state index is 9.82. The Kier molecular flexibility index (Phi) is 4.18. The lowest BCUT2D eigenvalue weighted by Crippen LogP contribution is -2.28. The van der Waals surface area contributed by atoms with Crippen molar-refractivity contribution in [3.63, 3.8) is 0 Å². The van der Waals surface area contributed by atoms with E-state index in [0.717, 1.165) is 5.56 Å². The number of rotatable bonds is 4. The Morgan fingerprint density at radius 2 is 2.00 bits per heavy atom. The molecule has 0 aliphatic carbocycles. The molecule has 2 nitrogen and oxygen atoms in total. The van der Waals surface area contributed by atoms with E-state index in [1.807, 2.05) is 30.3 Å². The molecule has 0 heterocycles. The molecule has 3 N–H and O–H groups in total. The number of aliphatic hydroxyl groups is 1. The van der Waals surface area contributed by atoms with Crippen molar-refractivity contribution >= 4 is 0 Å². The minimum absolute atomic E-state index is 0.284. The Morgan fingerprint density at radius 1 is 1.36 bits per heavy atom. The van der Waals surface area contributed by atoms with E-state index in [9.17, 15) is 5.11 Å². The zero-order valence-corrected chi connectivity index (χ0v) is 8.06. The first-order valence-corrected chi connectivity index (χ1v) is 4.67. The molecule has 74 valence electrons. The van der Waals surface area contributed by atoms with E-state index in [1.165, 1.54) is 0 Å². The molecular weight excluding hydrogens is 174 g/mol. The molecule has 1 rings (SSSR count). The number of benzene rings is 1. The summed E-state index contributed by atoms with van der Waals surface area (Å²) in [7, 11) is 0. The first kappa shape index (κ1) is 10.8. The number of hydrogen-bond acceptors (Lipinski definition) is 2. The molecular formula is C12H15NO. The predicted molar refractivity (Wildman–Crippen MR) is 57.4 cm³/mol. The highest BCUT2D eigenvalue weighted by molar-refractivity contribution is 5.18. The van der Waals surface area contributed by atoms with Gasteiger partial charge >= 0.3 is 0 Å². The smallest absolute Gasteiger partial charge is 0.0941 e. The van der Waals surface area contributed by atoms with Crippen molar-refractivity contribution in [2.24, 2.45) is 5.73 Å². The molecule has 0 aliphatic heterocycles. The van der Waals surface area contributed by atoms with E-state index in [2.05, 4.69) is 5.92 Å². The predicted octanol–water partition coefficient (Wildman–Crippen LogP) is 1.46. The minimum Gasteiger partial charge on any atom is -0.387 e. The quantitative estimate of drug-likeness (QED) is 0.704. The molecule has 0 aliphatic rings. The standard InChI is InChI=1S/C12H15NO/c1-2-3-9-11(13)12(14)10-7-5-4-6-8-10/h1,4-8,11-12,14H,3,9,13H2/t11-,12-/m1/s1. The largest absolute Gasteiger partial charge is 0.387 e. The summed E-state index contributed by atoms with van der Waals surface area (Å²) in [5, 5.41) is 9.82. The molecule has 0 spiro atoms. The van der Waals surface area contributed by atoms with Crippen LogP contribution in [0.4, 0.5) is 0 Å². The van der Waals surface area contributed by atoms with Crippen LogP contribution in [-0.4, -0.2) is 11.1 Å². The van der Waals surface area contributed by atoms with E-state index in [0.29, 0.717) is 12.8 Å². The van der Waals surface area contributed by atoms with Crippen molar-refractivity contribution in [2.45, 2.75) is 25.0 Å². The molecule has 0 aromatic heterocycles. The summed E-state index contributed by atoms with van der Waals surface area (Å²) in [6.07, 6.45) is 5.76. The van der Waals surface area contributed by atoms with Gasteiger partial charge in [-0.2, -0.15) is 0 Å². The number of terminal acetylenes is 1. The van der Waals surface area contributed by atoms with Gasteiger partial charge in [-0.1, -0.05) is 30.3 Å². The average molecular weight is 189 g/mol. The van der Waals surface area contributed by atoms with Gasteiger partial charge in [0.2, 0.25) is 0 Å². The Bertz CT molecular complexity index is 302. The molecule has 2 atom stereocenters. The van der Waals surface area contributed by atoms with Gasteiger partial charge in [0.1, 0.15) is 0 Å². The van der Waals surface area contributed by atoms with Crippen molar-refractivity contribution < 1.29 is 5.11 Å². The second kappa shape index (κ2) is 5.43. The van der Waals surface area contributed by atoms with Crippen LogP contribution in [0.15, 0.2) is 30.3 Å². The molecule has 1 aromatic carbocycles. The Labute approximate surface area is 84.8 Å². The van der Waals surface area contributed by atoms with Crippen LogP contribution in [0.25, 0.3) is 0 Å². The summed E-state index contributed by atoms with van der Waals surface area (Å²) >= 11 is 0. The summed E-state index contributed by atoms with van der Waals surface area (Å²) in [5.74, 6) is 2.51. The third kappa shape index (κ3) is 2.88. The van der Waals surface area contributed by atoms with Gasteiger partial charge in [-0.15, -0.1) is 12.3 Å². The number of nitrogens with two attached hydrogens (primary N) is 1. The maximum atomic E-state index is 9.82. The number of aliphatic hydroxyl groups excluding tert-OH is 1. The van der Waals surface area contributed by atoms with Gasteiger partial charge in [-0.3, -0.25) is 0 Å². The topological polar surface area (TPSA) is 46.2 Å². The maximum Gasteiger partial charge on any atom is 0.0941 e. The van der Waals surface area contributed by atoms with E-state index in [-0.39, 0.29) is 6.04 Å². The zero-order chi connectivity index (χ0) is 10.4. The van der Waals surface area contributed by atoms with Gasteiger partial charge < -0.3 is 10.8 Å². The second-order valence-electron chi connectivity index (χ2n) is 3.26. The first-order valence-electron chi connectivity index (χ1n) is 4.67. The van der Waals surface area contributed by atoms with E-state index >= 15 is 0 Å². The Morgan fingerprint density at radius 3 is 2.57 bits per heavy atom. The lowest BCUT2D eigenvalue weighted by atomic mass is 9.99. The SMILES string of the molecule is C#CCC[C@@H](N)[C@H](O)c1ccccc1. The van der Waals surface area contributed by atoms with Crippen LogP contribution in [0.2, 0.25) is 0 Å². The van der Waals surface area contributed by atoms with Crippen LogP contribution in [0.3, 0.4) is 0 Å². The summed E-state index contributed by atoms with van der Waals surface area (Å²) in [4.78, 5) is 0. The summed E-state index contributed by atoms with van der Waals surface area (Å²) in [5.41, 5.74) is 6.63. The van der Waals surface area contributed by atoms with Crippen LogP contribution < -0.4 is 5.73 Å². The van der Waals surface area contributed by atoms with Crippen molar-refractivity contribution in [2.75, 3.05) is 0 Å². The van der Waals surface area contributed by atoms with Gasteiger partial charge in [-0.25, -0.2) is 0 Å². The molecule has 0 saturated heterocycles. The molecule has 1 aromatic rings. The van der Waals surface area contributed by atoms with Crippen molar-refractivity contribution in [3.05, 3.63) is 35.9 Å². The Balaban J connectivity index is 2.57. The van der Waals surface area contributed by atoms with Gasteiger partial charge in [0.15, 0.2) is 0 Å². The van der Waals surface area contributed by atoms with E-state index in [4.69, 9.17) is 12.2 Å². The molecule has 0 amide bonds. The fraction of sp³-hybridized carbons (Fsp3) is 0.333. The van der Waals surface area contributed by atoms with E-state index in [1.54, 1.807) is 0 Å². The molecule has 2 heteroatoms. The minimum atomic E-state index is -0.621. The van der Waals surface area contributed by atoms with Crippen molar-refractivity contribution in [1.82, 2.24) is 0 Å². The summed E-state index contributed by atoms with van der Waals surface area (Å²) < 4.78 is 0. The highest BCUT2D eigenvalue weighted by Crippen LogP contribution is 2.17. The molecule has 0 fully saturated rings. The van der Waals surface area contributed by atoms with Crippen LogP contribution in [0.5, 0.6) is 0 Å². The van der Waals surface area contributed by atoms with Gasteiger partial charge in [0, 0.05) is 12.5 Å². The van der Waals surface area contributed by atoms with Gasteiger partial charge in [0.25, 0.3) is 0 Å². The first-order chi connectivity index (χ1) is 6.75. The molecule has 0 bridgehead atoms. The van der Waals surface area contributed by atoms with Crippen molar-refractivity contribution in [3.8, 4) is 12.3 Å². The average Bonchev–Trinajstić information content (AvgIpc) is 2.26. The molecule has 0 saturated carbocycles. The van der Waals surface area contributed by atoms with Crippen LogP contribution in [-0.2, 0) is 0 Å². The normalized spacial score (nSPS) is 14.4. The molecule has 14 heavy (non-hydrogen) atoms.